The molecule has 0 aliphatic carbocycles. The van der Waals surface area contributed by atoms with Gasteiger partial charge < -0.3 is 19.9 Å². The Balaban J connectivity index is 1.70. The number of ether oxygens (including phenoxy) is 1. The average molecular weight is 407 g/mol. The Morgan fingerprint density at radius 1 is 1.07 bits per heavy atom. The molecule has 0 bridgehead atoms. The quantitative estimate of drug-likeness (QED) is 0.585. The van der Waals surface area contributed by atoms with E-state index in [1.165, 1.54) is 6.07 Å². The van der Waals surface area contributed by atoms with Gasteiger partial charge in [-0.25, -0.2) is 4.79 Å². The molecular weight excluding hydrogens is 382 g/mol. The van der Waals surface area contributed by atoms with E-state index in [0.29, 0.717) is 25.4 Å². The smallest absolute Gasteiger partial charge is 0.322 e. The zero-order valence-electron chi connectivity index (χ0n) is 17.1. The standard InChI is InChI=1S/C23H25N3O4/c1-3-26(15-17-14-21(27)25-20-8-6-5-7-19(17)20)23(29)24-18-11-9-16(10-12-18)13-22(28)30-4-2/h5-12,14H,3-4,13,15H2,1-2H3,(H,24,29)(H,25,27). The highest BCUT2D eigenvalue weighted by molar-refractivity contribution is 5.90. The molecule has 7 heteroatoms. The van der Waals surface area contributed by atoms with Gasteiger partial charge in [0.15, 0.2) is 0 Å². The Bertz CT molecular complexity index is 1090. The Labute approximate surface area is 174 Å². The molecule has 0 spiro atoms. The molecule has 0 aliphatic rings. The lowest BCUT2D eigenvalue weighted by Gasteiger charge is -2.22. The summed E-state index contributed by atoms with van der Waals surface area (Å²) < 4.78 is 4.94. The number of H-pyrrole nitrogens is 1. The molecule has 0 fully saturated rings. The van der Waals surface area contributed by atoms with E-state index in [4.69, 9.17) is 4.74 Å². The van der Waals surface area contributed by atoms with Crippen LogP contribution < -0.4 is 10.9 Å². The molecule has 0 saturated carbocycles. The number of hydrogen-bond acceptors (Lipinski definition) is 4. The fourth-order valence-electron chi connectivity index (χ4n) is 3.23. The molecular formula is C23H25N3O4. The molecule has 0 unspecified atom stereocenters. The minimum absolute atomic E-state index is 0.193. The lowest BCUT2D eigenvalue weighted by Crippen LogP contribution is -2.34. The van der Waals surface area contributed by atoms with Gasteiger partial charge in [0, 0.05) is 35.7 Å². The molecule has 7 nitrogen and oxygen atoms in total. The topological polar surface area (TPSA) is 91.5 Å². The van der Waals surface area contributed by atoms with Gasteiger partial charge in [0.1, 0.15) is 0 Å². The van der Waals surface area contributed by atoms with Crippen molar-refractivity contribution in [2.45, 2.75) is 26.8 Å². The van der Waals surface area contributed by atoms with E-state index < -0.39 is 0 Å². The maximum atomic E-state index is 12.8. The van der Waals surface area contributed by atoms with Crippen molar-refractivity contribution in [1.82, 2.24) is 9.88 Å². The normalized spacial score (nSPS) is 10.6. The Morgan fingerprint density at radius 3 is 2.50 bits per heavy atom. The summed E-state index contributed by atoms with van der Waals surface area (Å²) in [6.07, 6.45) is 0.193. The highest BCUT2D eigenvalue weighted by Crippen LogP contribution is 2.17. The zero-order chi connectivity index (χ0) is 21.5. The van der Waals surface area contributed by atoms with Crippen LogP contribution in [0.25, 0.3) is 10.9 Å². The largest absolute Gasteiger partial charge is 0.466 e. The van der Waals surface area contributed by atoms with Crippen LogP contribution in [0.15, 0.2) is 59.4 Å². The molecule has 2 amide bonds. The summed E-state index contributed by atoms with van der Waals surface area (Å²) in [6.45, 7) is 4.80. The maximum Gasteiger partial charge on any atom is 0.322 e. The van der Waals surface area contributed by atoms with E-state index in [9.17, 15) is 14.4 Å². The number of hydrogen-bond donors (Lipinski definition) is 2. The number of anilines is 1. The number of carbonyl (C=O) groups is 2. The minimum atomic E-state index is -0.281. The first kappa shape index (κ1) is 21.1. The van der Waals surface area contributed by atoms with E-state index in [-0.39, 0.29) is 24.0 Å². The number of carbonyl (C=O) groups excluding carboxylic acids is 2. The zero-order valence-corrected chi connectivity index (χ0v) is 17.1. The van der Waals surface area contributed by atoms with Crippen LogP contribution in [0, 0.1) is 0 Å². The Kier molecular flexibility index (Phi) is 6.85. The van der Waals surface area contributed by atoms with Crippen LogP contribution in [0.3, 0.4) is 0 Å². The first-order valence-electron chi connectivity index (χ1n) is 9.91. The first-order valence-corrected chi connectivity index (χ1v) is 9.91. The monoisotopic (exact) mass is 407 g/mol. The number of rotatable bonds is 7. The first-order chi connectivity index (χ1) is 14.5. The summed E-state index contributed by atoms with van der Waals surface area (Å²) >= 11 is 0. The molecule has 2 aromatic carbocycles. The van der Waals surface area contributed by atoms with E-state index in [2.05, 4.69) is 10.3 Å². The molecule has 0 saturated heterocycles. The van der Waals surface area contributed by atoms with Crippen molar-refractivity contribution in [3.63, 3.8) is 0 Å². The minimum Gasteiger partial charge on any atom is -0.466 e. The molecule has 156 valence electrons. The second-order valence-corrected chi connectivity index (χ2v) is 6.83. The van der Waals surface area contributed by atoms with Crippen LogP contribution >= 0.6 is 0 Å². The van der Waals surface area contributed by atoms with Crippen molar-refractivity contribution < 1.29 is 14.3 Å². The van der Waals surface area contributed by atoms with Gasteiger partial charge in [-0.3, -0.25) is 9.59 Å². The maximum absolute atomic E-state index is 12.8. The van der Waals surface area contributed by atoms with Crippen molar-refractivity contribution in [2.24, 2.45) is 0 Å². The highest BCUT2D eigenvalue weighted by Gasteiger charge is 2.15. The highest BCUT2D eigenvalue weighted by atomic mass is 16.5. The molecule has 1 heterocycles. The summed E-state index contributed by atoms with van der Waals surface area (Å²) in [5.41, 5.74) is 2.78. The Morgan fingerprint density at radius 2 is 1.80 bits per heavy atom. The summed E-state index contributed by atoms with van der Waals surface area (Å²) in [5.74, 6) is -0.281. The number of nitrogens with one attached hydrogen (secondary N) is 2. The van der Waals surface area contributed by atoms with Crippen molar-refractivity contribution >= 4 is 28.6 Å². The fraction of sp³-hybridized carbons (Fsp3) is 0.261. The molecule has 0 atom stereocenters. The predicted octanol–water partition coefficient (Wildman–Crippen LogP) is 3.69. The summed E-state index contributed by atoms with van der Waals surface area (Å²) in [4.78, 5) is 40.8. The second kappa shape index (κ2) is 9.73. The number of para-hydroxylation sites is 1. The molecule has 30 heavy (non-hydrogen) atoms. The third-order valence-corrected chi connectivity index (χ3v) is 4.73. The summed E-state index contributed by atoms with van der Waals surface area (Å²) in [5, 5.41) is 3.78. The number of amides is 2. The molecule has 0 aliphatic heterocycles. The number of fused-ring (bicyclic) bond motifs is 1. The molecule has 3 rings (SSSR count). The van der Waals surface area contributed by atoms with Gasteiger partial charge >= 0.3 is 12.0 Å². The number of urea groups is 1. The lowest BCUT2D eigenvalue weighted by atomic mass is 10.1. The van der Waals surface area contributed by atoms with Crippen LogP contribution in [0.2, 0.25) is 0 Å². The van der Waals surface area contributed by atoms with E-state index >= 15 is 0 Å². The molecule has 2 N–H and O–H groups in total. The number of nitrogens with zero attached hydrogens (tertiary/aromatic N) is 1. The van der Waals surface area contributed by atoms with E-state index in [1.54, 1.807) is 36.1 Å². The van der Waals surface area contributed by atoms with E-state index in [0.717, 1.165) is 22.0 Å². The van der Waals surface area contributed by atoms with Crippen LogP contribution in [0.4, 0.5) is 10.5 Å². The SMILES string of the molecule is CCOC(=O)Cc1ccc(NC(=O)N(CC)Cc2cc(=O)[nH]c3ccccc23)cc1. The number of esters is 1. The van der Waals surface area contributed by atoms with Gasteiger partial charge in [-0.1, -0.05) is 30.3 Å². The van der Waals surface area contributed by atoms with Crippen molar-refractivity contribution in [1.29, 1.82) is 0 Å². The average Bonchev–Trinajstić information content (AvgIpc) is 2.73. The Hall–Kier alpha value is -3.61. The molecule has 3 aromatic rings. The molecule has 1 aromatic heterocycles. The van der Waals surface area contributed by atoms with Gasteiger partial charge in [-0.2, -0.15) is 0 Å². The second-order valence-electron chi connectivity index (χ2n) is 6.83. The van der Waals surface area contributed by atoms with Crippen LogP contribution in [-0.4, -0.2) is 35.0 Å². The van der Waals surface area contributed by atoms with Gasteiger partial charge in [0.2, 0.25) is 5.56 Å². The third kappa shape index (κ3) is 5.26. The number of aromatic amines is 1. The van der Waals surface area contributed by atoms with Gasteiger partial charge in [-0.05, 0) is 43.2 Å². The lowest BCUT2D eigenvalue weighted by molar-refractivity contribution is -0.142. The van der Waals surface area contributed by atoms with Crippen molar-refractivity contribution in [2.75, 3.05) is 18.5 Å². The summed E-state index contributed by atoms with van der Waals surface area (Å²) in [7, 11) is 0. The number of pyridine rings is 1. The van der Waals surface area contributed by atoms with Crippen LogP contribution in [0.5, 0.6) is 0 Å². The number of benzene rings is 2. The van der Waals surface area contributed by atoms with Gasteiger partial charge in [0.25, 0.3) is 0 Å². The fourth-order valence-corrected chi connectivity index (χ4v) is 3.23. The van der Waals surface area contributed by atoms with Crippen LogP contribution in [0.1, 0.15) is 25.0 Å². The predicted molar refractivity (Wildman–Crippen MR) is 116 cm³/mol. The number of aromatic nitrogens is 1. The van der Waals surface area contributed by atoms with E-state index in [1.807, 2.05) is 31.2 Å². The van der Waals surface area contributed by atoms with Crippen LogP contribution in [-0.2, 0) is 22.5 Å². The van der Waals surface area contributed by atoms with Crippen molar-refractivity contribution in [3.8, 4) is 0 Å². The summed E-state index contributed by atoms with van der Waals surface area (Å²) in [6, 6.07) is 15.9. The van der Waals surface area contributed by atoms with Crippen molar-refractivity contribution in [3.05, 3.63) is 76.1 Å². The van der Waals surface area contributed by atoms with Gasteiger partial charge in [0.05, 0.1) is 13.0 Å². The van der Waals surface area contributed by atoms with Gasteiger partial charge in [-0.15, -0.1) is 0 Å². The third-order valence-electron chi connectivity index (χ3n) is 4.73. The molecule has 0 radical (unpaired) electrons.